The number of carbonyl (C=O) groups is 2. The van der Waals surface area contributed by atoms with Gasteiger partial charge in [0.15, 0.2) is 10.7 Å². The Labute approximate surface area is 185 Å². The number of nitrogens with one attached hydrogen (secondary N) is 1. The molecule has 2 aromatic carbocycles. The third-order valence-corrected chi connectivity index (χ3v) is 6.05. The van der Waals surface area contributed by atoms with Gasteiger partial charge in [-0.3, -0.25) is 4.79 Å². The quantitative estimate of drug-likeness (QED) is 0.326. The van der Waals surface area contributed by atoms with Crippen molar-refractivity contribution < 1.29 is 23.1 Å². The number of hydrogen-bond acceptors (Lipinski definition) is 5. The van der Waals surface area contributed by atoms with Crippen LogP contribution in [0.4, 0.5) is 14.5 Å². The molecule has 3 rings (SSSR count). The molecule has 0 aliphatic rings. The van der Waals surface area contributed by atoms with Crippen LogP contribution in [0.5, 0.6) is 0 Å². The lowest BCUT2D eigenvalue weighted by molar-refractivity contribution is 0.0596. The van der Waals surface area contributed by atoms with Gasteiger partial charge >= 0.3 is 5.97 Å². The Balaban J connectivity index is 2.07. The van der Waals surface area contributed by atoms with Gasteiger partial charge in [0.25, 0.3) is 5.91 Å². The van der Waals surface area contributed by atoms with Gasteiger partial charge in [0.2, 0.25) is 0 Å². The Bertz CT molecular complexity index is 1080. The minimum Gasteiger partial charge on any atom is -0.464 e. The summed E-state index contributed by atoms with van der Waals surface area (Å²) >= 11 is 7.71. The summed E-state index contributed by atoms with van der Waals surface area (Å²) in [6.07, 6.45) is 0. The fraction of sp³-hybridized carbons (Fsp3) is 0.105. The number of amides is 1. The monoisotopic (exact) mass is 544 g/mol. The largest absolute Gasteiger partial charge is 0.464 e. The van der Waals surface area contributed by atoms with E-state index in [-0.39, 0.29) is 10.7 Å². The Morgan fingerprint density at radius 3 is 2.52 bits per heavy atom. The minimum absolute atomic E-state index is 0.0584. The highest BCUT2D eigenvalue weighted by molar-refractivity contribution is 9.10. The SMILES string of the molecule is COC(=O)c1nc(C(=O)Nc2c(F)cccc2F)sc1-c1cc(Br)ccc1CBr. The summed E-state index contributed by atoms with van der Waals surface area (Å²) in [4.78, 5) is 29.3. The molecule has 0 aliphatic heterocycles. The van der Waals surface area contributed by atoms with Crippen LogP contribution in [0.1, 0.15) is 25.9 Å². The predicted molar refractivity (Wildman–Crippen MR) is 114 cm³/mol. The van der Waals surface area contributed by atoms with Gasteiger partial charge < -0.3 is 10.1 Å². The van der Waals surface area contributed by atoms with E-state index in [0.717, 1.165) is 33.5 Å². The lowest BCUT2D eigenvalue weighted by Crippen LogP contribution is -2.14. The molecular weight excluding hydrogens is 534 g/mol. The number of esters is 1. The molecule has 0 atom stereocenters. The molecule has 3 aromatic rings. The van der Waals surface area contributed by atoms with Crippen molar-refractivity contribution in [3.8, 4) is 10.4 Å². The third kappa shape index (κ3) is 4.54. The van der Waals surface area contributed by atoms with Crippen LogP contribution in [0.3, 0.4) is 0 Å². The smallest absolute Gasteiger partial charge is 0.358 e. The number of thiazole rings is 1. The summed E-state index contributed by atoms with van der Waals surface area (Å²) in [5.74, 6) is -3.41. The van der Waals surface area contributed by atoms with E-state index >= 15 is 0 Å². The number of benzene rings is 2. The van der Waals surface area contributed by atoms with Crippen LogP contribution < -0.4 is 5.32 Å². The van der Waals surface area contributed by atoms with Crippen molar-refractivity contribution in [1.29, 1.82) is 0 Å². The number of alkyl halides is 1. The Morgan fingerprint density at radius 1 is 1.21 bits per heavy atom. The summed E-state index contributed by atoms with van der Waals surface area (Å²) < 4.78 is 33.2. The minimum atomic E-state index is -0.920. The maximum Gasteiger partial charge on any atom is 0.358 e. The number of hydrogen-bond donors (Lipinski definition) is 1. The standard InChI is InChI=1S/C19H12Br2F2N2O3S/c1-28-19(27)15-16(11-7-10(21)6-5-9(11)8-20)29-18(25-15)17(26)24-14-12(22)3-2-4-13(14)23/h2-7H,8H2,1H3,(H,24,26). The first-order valence-electron chi connectivity index (χ1n) is 8.05. The van der Waals surface area contributed by atoms with Crippen molar-refractivity contribution >= 4 is 60.8 Å². The number of nitrogens with zero attached hydrogens (tertiary/aromatic N) is 1. The van der Waals surface area contributed by atoms with Crippen molar-refractivity contribution in [2.45, 2.75) is 5.33 Å². The highest BCUT2D eigenvalue weighted by Crippen LogP contribution is 2.36. The highest BCUT2D eigenvalue weighted by atomic mass is 79.9. The van der Waals surface area contributed by atoms with E-state index in [1.54, 1.807) is 6.07 Å². The first-order chi connectivity index (χ1) is 13.8. The van der Waals surface area contributed by atoms with Crippen LogP contribution in [0.25, 0.3) is 10.4 Å². The lowest BCUT2D eigenvalue weighted by Gasteiger charge is -2.07. The van der Waals surface area contributed by atoms with Gasteiger partial charge in [-0.25, -0.2) is 18.6 Å². The van der Waals surface area contributed by atoms with Crippen molar-refractivity contribution in [3.05, 3.63) is 68.8 Å². The average molecular weight is 546 g/mol. The van der Waals surface area contributed by atoms with Gasteiger partial charge in [0.1, 0.15) is 17.3 Å². The molecule has 150 valence electrons. The van der Waals surface area contributed by atoms with Gasteiger partial charge in [-0.05, 0) is 35.4 Å². The number of rotatable bonds is 5. The number of para-hydroxylation sites is 1. The van der Waals surface area contributed by atoms with Crippen molar-refractivity contribution in [2.24, 2.45) is 0 Å². The van der Waals surface area contributed by atoms with Crippen molar-refractivity contribution in [1.82, 2.24) is 4.98 Å². The van der Waals surface area contributed by atoms with Gasteiger partial charge in [-0.2, -0.15) is 0 Å². The number of methoxy groups -OCH3 is 1. The lowest BCUT2D eigenvalue weighted by atomic mass is 10.1. The molecule has 0 fully saturated rings. The summed E-state index contributed by atoms with van der Waals surface area (Å²) in [5, 5.41) is 2.53. The fourth-order valence-corrected chi connectivity index (χ4v) is 4.35. The van der Waals surface area contributed by atoms with Crippen LogP contribution in [-0.4, -0.2) is 24.0 Å². The van der Waals surface area contributed by atoms with Crippen LogP contribution in [0, 0.1) is 11.6 Å². The topological polar surface area (TPSA) is 68.3 Å². The molecule has 0 bridgehead atoms. The van der Waals surface area contributed by atoms with E-state index < -0.39 is 29.2 Å². The number of anilines is 1. The molecule has 1 amide bonds. The Kier molecular flexibility index (Phi) is 6.76. The molecule has 1 aromatic heterocycles. The van der Waals surface area contributed by atoms with Crippen molar-refractivity contribution in [3.63, 3.8) is 0 Å². The summed E-state index contributed by atoms with van der Waals surface area (Å²) in [6, 6.07) is 8.71. The van der Waals surface area contributed by atoms with Crippen molar-refractivity contribution in [2.75, 3.05) is 12.4 Å². The summed E-state index contributed by atoms with van der Waals surface area (Å²) in [6.45, 7) is 0. The Morgan fingerprint density at radius 2 is 1.90 bits per heavy atom. The molecule has 0 radical (unpaired) electrons. The zero-order valence-corrected chi connectivity index (χ0v) is 18.8. The van der Waals surface area contributed by atoms with Crippen LogP contribution in [-0.2, 0) is 10.1 Å². The first kappa shape index (κ1) is 21.5. The molecule has 0 aliphatic carbocycles. The molecule has 5 nitrogen and oxygen atoms in total. The molecule has 1 N–H and O–H groups in total. The number of aromatic nitrogens is 1. The summed E-state index contributed by atoms with van der Waals surface area (Å²) in [5.41, 5.74) is 0.883. The normalized spacial score (nSPS) is 10.7. The zero-order chi connectivity index (χ0) is 21.1. The second-order valence-corrected chi connectivity index (χ2v) is 8.15. The maximum atomic E-state index is 13.8. The van der Waals surface area contributed by atoms with E-state index in [9.17, 15) is 18.4 Å². The number of halogens is 4. The number of ether oxygens (including phenoxy) is 1. The second-order valence-electron chi connectivity index (χ2n) is 5.67. The molecule has 0 unspecified atom stereocenters. The maximum absolute atomic E-state index is 13.8. The molecule has 0 spiro atoms. The molecular formula is C19H12Br2F2N2O3S. The van der Waals surface area contributed by atoms with E-state index in [0.29, 0.717) is 15.8 Å². The molecule has 0 saturated carbocycles. The van der Waals surface area contributed by atoms with Gasteiger partial charge in [-0.1, -0.05) is 44.0 Å². The third-order valence-electron chi connectivity index (χ3n) is 3.86. The fourth-order valence-electron chi connectivity index (χ4n) is 2.50. The zero-order valence-electron chi connectivity index (χ0n) is 14.8. The van der Waals surface area contributed by atoms with E-state index in [1.165, 1.54) is 13.2 Å². The average Bonchev–Trinajstić information content (AvgIpc) is 3.15. The van der Waals surface area contributed by atoms with E-state index in [1.807, 2.05) is 12.1 Å². The summed E-state index contributed by atoms with van der Waals surface area (Å²) in [7, 11) is 1.20. The highest BCUT2D eigenvalue weighted by Gasteiger charge is 2.25. The van der Waals surface area contributed by atoms with Crippen LogP contribution in [0.15, 0.2) is 40.9 Å². The second kappa shape index (κ2) is 9.10. The van der Waals surface area contributed by atoms with Gasteiger partial charge in [-0.15, -0.1) is 11.3 Å². The van der Waals surface area contributed by atoms with E-state index in [2.05, 4.69) is 42.2 Å². The molecule has 0 saturated heterocycles. The molecule has 10 heteroatoms. The Hall–Kier alpha value is -2.17. The molecule has 1 heterocycles. The first-order valence-corrected chi connectivity index (χ1v) is 10.8. The van der Waals surface area contributed by atoms with E-state index in [4.69, 9.17) is 4.74 Å². The van der Waals surface area contributed by atoms with Crippen LogP contribution >= 0.6 is 43.2 Å². The van der Waals surface area contributed by atoms with Gasteiger partial charge in [0.05, 0.1) is 12.0 Å². The van der Waals surface area contributed by atoms with Gasteiger partial charge in [0, 0.05) is 9.80 Å². The molecule has 29 heavy (non-hydrogen) atoms. The predicted octanol–water partition coefficient (Wildman–Crippen LogP) is 5.78. The number of carbonyl (C=O) groups excluding carboxylic acids is 2. The van der Waals surface area contributed by atoms with Crippen LogP contribution in [0.2, 0.25) is 0 Å².